The number of non-ortho nitro benzene ring substituents is 1. The van der Waals surface area contributed by atoms with E-state index in [4.69, 9.17) is 27.9 Å². The van der Waals surface area contributed by atoms with Gasteiger partial charge in [0.25, 0.3) is 5.69 Å². The third kappa shape index (κ3) is 5.14. The lowest BCUT2D eigenvalue weighted by atomic mass is 9.86. The fraction of sp³-hybridized carbons (Fsp3) is 0.130. The van der Waals surface area contributed by atoms with Gasteiger partial charge in [0.2, 0.25) is 0 Å². The SMILES string of the molecule is O=[N+]([O-])c1ccc(Cl)c(C(O)(Cn2cc(COc3ccc(Cl)cc3)nn2)c2ccccc2)c1. The van der Waals surface area contributed by atoms with E-state index in [2.05, 4.69) is 10.3 Å². The van der Waals surface area contributed by atoms with E-state index in [0.717, 1.165) is 0 Å². The first-order valence-corrected chi connectivity index (χ1v) is 10.6. The molecule has 33 heavy (non-hydrogen) atoms. The highest BCUT2D eigenvalue weighted by molar-refractivity contribution is 6.31. The topological polar surface area (TPSA) is 103 Å². The van der Waals surface area contributed by atoms with Crippen molar-refractivity contribution in [3.63, 3.8) is 0 Å². The molecule has 4 aromatic rings. The number of hydrogen-bond acceptors (Lipinski definition) is 6. The number of rotatable bonds is 8. The molecule has 0 saturated heterocycles. The maximum atomic E-state index is 11.8. The van der Waals surface area contributed by atoms with Crippen LogP contribution in [0.4, 0.5) is 5.69 Å². The van der Waals surface area contributed by atoms with E-state index in [0.29, 0.717) is 22.0 Å². The van der Waals surface area contributed by atoms with E-state index in [-0.39, 0.29) is 29.4 Å². The molecule has 0 fully saturated rings. The van der Waals surface area contributed by atoms with Crippen LogP contribution in [0.1, 0.15) is 16.8 Å². The summed E-state index contributed by atoms with van der Waals surface area (Å²) < 4.78 is 7.14. The first-order valence-electron chi connectivity index (χ1n) is 9.85. The summed E-state index contributed by atoms with van der Waals surface area (Å²) in [6.07, 6.45) is 1.63. The standard InChI is InChI=1S/C23H18Cl2N4O4/c24-17-6-9-20(10-7-17)33-14-18-13-28(27-26-18)15-23(30,16-4-2-1-3-5-16)21-12-19(29(31)32)8-11-22(21)25/h1-13,30H,14-15H2. The van der Waals surface area contributed by atoms with Crippen LogP contribution in [-0.4, -0.2) is 25.0 Å². The number of hydrogen-bond donors (Lipinski definition) is 1. The molecular formula is C23H18Cl2N4O4. The Morgan fingerprint density at radius 2 is 1.79 bits per heavy atom. The highest BCUT2D eigenvalue weighted by Gasteiger charge is 2.36. The van der Waals surface area contributed by atoms with Crippen LogP contribution < -0.4 is 4.74 Å². The van der Waals surface area contributed by atoms with Crippen LogP contribution in [-0.2, 0) is 18.8 Å². The van der Waals surface area contributed by atoms with Gasteiger partial charge in [0.05, 0.1) is 17.7 Å². The van der Waals surface area contributed by atoms with Crippen LogP contribution in [0.15, 0.2) is 79.0 Å². The molecule has 1 N–H and O–H groups in total. The summed E-state index contributed by atoms with van der Waals surface area (Å²) in [5.41, 5.74) is -0.655. The predicted octanol–water partition coefficient (Wildman–Crippen LogP) is 5.01. The monoisotopic (exact) mass is 484 g/mol. The van der Waals surface area contributed by atoms with Crippen molar-refractivity contribution in [2.24, 2.45) is 0 Å². The van der Waals surface area contributed by atoms with E-state index in [1.807, 2.05) is 0 Å². The largest absolute Gasteiger partial charge is 0.487 e. The van der Waals surface area contributed by atoms with Crippen molar-refractivity contribution < 1.29 is 14.8 Å². The van der Waals surface area contributed by atoms with Gasteiger partial charge in [0.15, 0.2) is 0 Å². The number of nitro groups is 1. The van der Waals surface area contributed by atoms with Gasteiger partial charge in [-0.15, -0.1) is 5.10 Å². The van der Waals surface area contributed by atoms with Crippen molar-refractivity contribution in [2.45, 2.75) is 18.8 Å². The fourth-order valence-electron chi connectivity index (χ4n) is 3.39. The summed E-state index contributed by atoms with van der Waals surface area (Å²) in [5, 5.41) is 32.1. The van der Waals surface area contributed by atoms with Crippen LogP contribution in [0.5, 0.6) is 5.75 Å². The van der Waals surface area contributed by atoms with Crippen molar-refractivity contribution in [1.82, 2.24) is 15.0 Å². The lowest BCUT2D eigenvalue weighted by Crippen LogP contribution is -2.33. The average molecular weight is 485 g/mol. The molecule has 0 radical (unpaired) electrons. The summed E-state index contributed by atoms with van der Waals surface area (Å²) in [7, 11) is 0. The van der Waals surface area contributed by atoms with Gasteiger partial charge < -0.3 is 9.84 Å². The smallest absolute Gasteiger partial charge is 0.269 e. The number of aromatic nitrogens is 3. The van der Waals surface area contributed by atoms with Crippen molar-refractivity contribution >= 4 is 28.9 Å². The van der Waals surface area contributed by atoms with E-state index in [1.54, 1.807) is 60.8 Å². The molecule has 0 aliphatic carbocycles. The Bertz CT molecular complexity index is 1270. The van der Waals surface area contributed by atoms with Gasteiger partial charge in [-0.25, -0.2) is 4.68 Å². The highest BCUT2D eigenvalue weighted by Crippen LogP contribution is 2.37. The molecule has 0 aliphatic heterocycles. The quantitative estimate of drug-likeness (QED) is 0.278. The Morgan fingerprint density at radius 3 is 2.48 bits per heavy atom. The van der Waals surface area contributed by atoms with E-state index in [1.165, 1.54) is 22.9 Å². The minimum Gasteiger partial charge on any atom is -0.487 e. The minimum atomic E-state index is -1.70. The second kappa shape index (κ2) is 9.58. The molecule has 0 amide bonds. The van der Waals surface area contributed by atoms with Crippen LogP contribution in [0.3, 0.4) is 0 Å². The van der Waals surface area contributed by atoms with E-state index < -0.39 is 10.5 Å². The molecule has 1 heterocycles. The molecule has 0 spiro atoms. The summed E-state index contributed by atoms with van der Waals surface area (Å²) in [6, 6.07) is 19.7. The molecule has 3 aromatic carbocycles. The Kier molecular flexibility index (Phi) is 6.60. The zero-order chi connectivity index (χ0) is 23.4. The zero-order valence-corrected chi connectivity index (χ0v) is 18.6. The molecule has 1 unspecified atom stereocenters. The number of aliphatic hydroxyl groups is 1. The second-order valence-electron chi connectivity index (χ2n) is 7.30. The van der Waals surface area contributed by atoms with E-state index >= 15 is 0 Å². The third-order valence-electron chi connectivity index (χ3n) is 5.03. The first kappa shape index (κ1) is 22.7. The Hall–Kier alpha value is -3.46. The molecule has 0 aliphatic rings. The van der Waals surface area contributed by atoms with Crippen LogP contribution >= 0.6 is 23.2 Å². The lowest BCUT2D eigenvalue weighted by Gasteiger charge is -2.29. The Morgan fingerprint density at radius 1 is 1.06 bits per heavy atom. The summed E-state index contributed by atoms with van der Waals surface area (Å²) in [4.78, 5) is 10.8. The van der Waals surface area contributed by atoms with Crippen LogP contribution in [0, 0.1) is 10.1 Å². The fourth-order valence-corrected chi connectivity index (χ4v) is 3.79. The van der Waals surface area contributed by atoms with Gasteiger partial charge in [0, 0.05) is 27.7 Å². The van der Waals surface area contributed by atoms with Gasteiger partial charge in [-0.2, -0.15) is 0 Å². The van der Waals surface area contributed by atoms with Gasteiger partial charge in [-0.05, 0) is 35.9 Å². The van der Waals surface area contributed by atoms with Crippen molar-refractivity contribution in [3.05, 3.63) is 116 Å². The third-order valence-corrected chi connectivity index (χ3v) is 5.62. The van der Waals surface area contributed by atoms with Crippen LogP contribution in [0.2, 0.25) is 10.0 Å². The zero-order valence-electron chi connectivity index (χ0n) is 17.1. The molecule has 1 aromatic heterocycles. The minimum absolute atomic E-state index is 0.0775. The number of ether oxygens (including phenoxy) is 1. The molecule has 4 rings (SSSR count). The van der Waals surface area contributed by atoms with Gasteiger partial charge in [0.1, 0.15) is 23.7 Å². The summed E-state index contributed by atoms with van der Waals surface area (Å²) in [5.74, 6) is 0.623. The normalized spacial score (nSPS) is 12.8. The molecule has 168 valence electrons. The Balaban J connectivity index is 1.63. The second-order valence-corrected chi connectivity index (χ2v) is 8.14. The van der Waals surface area contributed by atoms with E-state index in [9.17, 15) is 15.2 Å². The molecule has 8 nitrogen and oxygen atoms in total. The molecule has 10 heteroatoms. The van der Waals surface area contributed by atoms with Crippen molar-refractivity contribution in [2.75, 3.05) is 0 Å². The number of nitro benzene ring substituents is 1. The summed E-state index contributed by atoms with van der Waals surface area (Å²) in [6.45, 7) is 0.0782. The van der Waals surface area contributed by atoms with Crippen molar-refractivity contribution in [3.8, 4) is 5.75 Å². The summed E-state index contributed by atoms with van der Waals surface area (Å²) >= 11 is 12.3. The average Bonchev–Trinajstić information content (AvgIpc) is 3.26. The molecule has 0 saturated carbocycles. The van der Waals surface area contributed by atoms with Gasteiger partial charge >= 0.3 is 0 Å². The molecular weight excluding hydrogens is 467 g/mol. The first-order chi connectivity index (χ1) is 15.8. The molecule has 0 bridgehead atoms. The molecule has 1 atom stereocenters. The number of halogens is 2. The van der Waals surface area contributed by atoms with Crippen molar-refractivity contribution in [1.29, 1.82) is 0 Å². The lowest BCUT2D eigenvalue weighted by molar-refractivity contribution is -0.385. The maximum Gasteiger partial charge on any atom is 0.269 e. The highest BCUT2D eigenvalue weighted by atomic mass is 35.5. The predicted molar refractivity (Wildman–Crippen MR) is 123 cm³/mol. The Labute approximate surface area is 199 Å². The van der Waals surface area contributed by atoms with Gasteiger partial charge in [-0.3, -0.25) is 10.1 Å². The maximum absolute atomic E-state index is 11.8. The number of nitrogens with zero attached hydrogens (tertiary/aromatic N) is 4. The van der Waals surface area contributed by atoms with Gasteiger partial charge in [-0.1, -0.05) is 58.7 Å². The van der Waals surface area contributed by atoms with Crippen LogP contribution in [0.25, 0.3) is 0 Å². The number of benzene rings is 3.